The lowest BCUT2D eigenvalue weighted by Gasteiger charge is -1.99. The van der Waals surface area contributed by atoms with E-state index in [1.165, 1.54) is 5.56 Å². The summed E-state index contributed by atoms with van der Waals surface area (Å²) < 4.78 is 0. The third-order valence-electron chi connectivity index (χ3n) is 2.35. The number of aromatic nitrogens is 1. The molecular formula is C11H12N2O2. The topological polar surface area (TPSA) is 65.1 Å². The highest BCUT2D eigenvalue weighted by atomic mass is 16.4. The van der Waals surface area contributed by atoms with Crippen LogP contribution in [0.15, 0.2) is 24.4 Å². The summed E-state index contributed by atoms with van der Waals surface area (Å²) in [5, 5.41) is 11.9. The molecule has 78 valence electrons. The van der Waals surface area contributed by atoms with Crippen LogP contribution in [0.5, 0.6) is 0 Å². The highest BCUT2D eigenvalue weighted by molar-refractivity contribution is 5.84. The number of carbonyl (C=O) groups is 1. The van der Waals surface area contributed by atoms with Crippen LogP contribution in [0.25, 0.3) is 10.9 Å². The van der Waals surface area contributed by atoms with Gasteiger partial charge in [-0.2, -0.15) is 0 Å². The van der Waals surface area contributed by atoms with Crippen molar-refractivity contribution in [3.05, 3.63) is 35.5 Å². The zero-order valence-corrected chi connectivity index (χ0v) is 8.37. The van der Waals surface area contributed by atoms with Crippen LogP contribution in [0.2, 0.25) is 0 Å². The second kappa shape index (κ2) is 3.65. The van der Waals surface area contributed by atoms with E-state index >= 15 is 0 Å². The molecule has 0 aliphatic rings. The molecule has 1 amide bonds. The van der Waals surface area contributed by atoms with Gasteiger partial charge in [0, 0.05) is 23.6 Å². The Hall–Kier alpha value is -1.97. The van der Waals surface area contributed by atoms with E-state index < -0.39 is 6.09 Å². The van der Waals surface area contributed by atoms with Gasteiger partial charge in [-0.25, -0.2) is 4.79 Å². The first-order valence-electron chi connectivity index (χ1n) is 4.70. The molecule has 0 aliphatic heterocycles. The number of carboxylic acid groups (broad SMARTS) is 1. The van der Waals surface area contributed by atoms with Gasteiger partial charge in [0.15, 0.2) is 0 Å². The Bertz CT molecular complexity index is 502. The molecule has 2 rings (SSSR count). The Kier molecular flexibility index (Phi) is 2.33. The second-order valence-electron chi connectivity index (χ2n) is 3.52. The smallest absolute Gasteiger partial charge is 0.404 e. The van der Waals surface area contributed by atoms with Gasteiger partial charge in [0.1, 0.15) is 0 Å². The third kappa shape index (κ3) is 1.93. The summed E-state index contributed by atoms with van der Waals surface area (Å²) in [4.78, 5) is 13.5. The Balaban J connectivity index is 2.35. The normalized spacial score (nSPS) is 10.5. The molecule has 0 radical (unpaired) electrons. The van der Waals surface area contributed by atoms with E-state index in [1.54, 1.807) is 0 Å². The second-order valence-corrected chi connectivity index (χ2v) is 3.52. The number of amides is 1. The maximum absolute atomic E-state index is 10.4. The quantitative estimate of drug-likeness (QED) is 0.702. The van der Waals surface area contributed by atoms with E-state index in [2.05, 4.69) is 10.3 Å². The summed E-state index contributed by atoms with van der Waals surface area (Å²) in [6.45, 7) is 2.35. The number of rotatable bonds is 2. The van der Waals surface area contributed by atoms with Crippen molar-refractivity contribution in [3.8, 4) is 0 Å². The van der Waals surface area contributed by atoms with Crippen LogP contribution in [0.1, 0.15) is 11.1 Å². The van der Waals surface area contributed by atoms with Gasteiger partial charge in [-0.05, 0) is 24.6 Å². The van der Waals surface area contributed by atoms with Gasteiger partial charge in [0.2, 0.25) is 0 Å². The molecule has 0 fully saturated rings. The minimum absolute atomic E-state index is 0.332. The molecule has 1 aromatic carbocycles. The molecule has 1 aromatic heterocycles. The number of aryl methyl sites for hydroxylation is 1. The van der Waals surface area contributed by atoms with Crippen molar-refractivity contribution in [2.75, 3.05) is 0 Å². The summed E-state index contributed by atoms with van der Waals surface area (Å²) in [6, 6.07) is 6.06. The minimum Gasteiger partial charge on any atom is -0.465 e. The summed E-state index contributed by atoms with van der Waals surface area (Å²) in [7, 11) is 0. The van der Waals surface area contributed by atoms with Crippen LogP contribution in [0, 0.1) is 6.92 Å². The Morgan fingerprint density at radius 1 is 1.53 bits per heavy atom. The molecule has 2 aromatic rings. The molecule has 0 spiro atoms. The fourth-order valence-corrected chi connectivity index (χ4v) is 1.61. The van der Waals surface area contributed by atoms with Crippen LogP contribution in [-0.4, -0.2) is 16.2 Å². The average Bonchev–Trinajstić information content (AvgIpc) is 2.57. The highest BCUT2D eigenvalue weighted by Crippen LogP contribution is 2.19. The molecule has 0 saturated heterocycles. The van der Waals surface area contributed by atoms with Gasteiger partial charge in [-0.15, -0.1) is 0 Å². The lowest BCUT2D eigenvalue weighted by Crippen LogP contribution is -2.19. The van der Waals surface area contributed by atoms with Crippen molar-refractivity contribution in [2.45, 2.75) is 13.5 Å². The van der Waals surface area contributed by atoms with E-state index in [4.69, 9.17) is 5.11 Å². The van der Waals surface area contributed by atoms with E-state index in [-0.39, 0.29) is 0 Å². The van der Waals surface area contributed by atoms with Crippen molar-refractivity contribution in [2.24, 2.45) is 0 Å². The van der Waals surface area contributed by atoms with Crippen molar-refractivity contribution in [1.82, 2.24) is 10.3 Å². The largest absolute Gasteiger partial charge is 0.465 e. The van der Waals surface area contributed by atoms with Gasteiger partial charge in [-0.1, -0.05) is 11.6 Å². The van der Waals surface area contributed by atoms with Crippen molar-refractivity contribution >= 4 is 17.0 Å². The zero-order chi connectivity index (χ0) is 10.8. The molecule has 0 bridgehead atoms. The van der Waals surface area contributed by atoms with E-state index in [0.29, 0.717) is 6.54 Å². The number of benzene rings is 1. The summed E-state index contributed by atoms with van der Waals surface area (Å²) in [5.74, 6) is 0. The van der Waals surface area contributed by atoms with Crippen molar-refractivity contribution in [3.63, 3.8) is 0 Å². The molecule has 4 heteroatoms. The monoisotopic (exact) mass is 204 g/mol. The Labute approximate surface area is 86.9 Å². The molecule has 0 unspecified atom stereocenters. The van der Waals surface area contributed by atoms with Crippen molar-refractivity contribution in [1.29, 1.82) is 0 Å². The fourth-order valence-electron chi connectivity index (χ4n) is 1.61. The Morgan fingerprint density at radius 3 is 3.07 bits per heavy atom. The van der Waals surface area contributed by atoms with Crippen molar-refractivity contribution < 1.29 is 9.90 Å². The highest BCUT2D eigenvalue weighted by Gasteiger charge is 2.04. The zero-order valence-electron chi connectivity index (χ0n) is 8.37. The minimum atomic E-state index is -1.00. The molecule has 15 heavy (non-hydrogen) atoms. The van der Waals surface area contributed by atoms with Crippen LogP contribution >= 0.6 is 0 Å². The van der Waals surface area contributed by atoms with Crippen LogP contribution in [0.4, 0.5) is 4.79 Å². The predicted octanol–water partition coefficient (Wildman–Crippen LogP) is 2.24. The van der Waals surface area contributed by atoms with Gasteiger partial charge in [0.25, 0.3) is 0 Å². The first-order valence-corrected chi connectivity index (χ1v) is 4.70. The maximum atomic E-state index is 10.4. The summed E-state index contributed by atoms with van der Waals surface area (Å²) >= 11 is 0. The average molecular weight is 204 g/mol. The number of nitrogens with one attached hydrogen (secondary N) is 2. The molecule has 3 N–H and O–H groups in total. The predicted molar refractivity (Wildman–Crippen MR) is 57.9 cm³/mol. The Morgan fingerprint density at radius 2 is 2.33 bits per heavy atom. The summed E-state index contributed by atoms with van der Waals surface area (Å²) in [5.41, 5.74) is 3.16. The first-order chi connectivity index (χ1) is 7.16. The van der Waals surface area contributed by atoms with E-state index in [1.807, 2.05) is 31.3 Å². The molecule has 0 aliphatic carbocycles. The van der Waals surface area contributed by atoms with Gasteiger partial charge in [0.05, 0.1) is 0 Å². The molecular weight excluding hydrogens is 192 g/mol. The molecule has 1 heterocycles. The van der Waals surface area contributed by atoms with Crippen LogP contribution < -0.4 is 5.32 Å². The number of fused-ring (bicyclic) bond motifs is 1. The molecule has 0 saturated carbocycles. The lowest BCUT2D eigenvalue weighted by atomic mass is 10.1. The fraction of sp³-hybridized carbons (Fsp3) is 0.182. The number of H-pyrrole nitrogens is 1. The van der Waals surface area contributed by atoms with Gasteiger partial charge >= 0.3 is 6.09 Å². The first kappa shape index (κ1) is 9.58. The molecule has 4 nitrogen and oxygen atoms in total. The summed E-state index contributed by atoms with van der Waals surface area (Å²) in [6.07, 6.45) is 0.831. The van der Waals surface area contributed by atoms with Gasteiger partial charge < -0.3 is 15.4 Å². The number of hydrogen-bond donors (Lipinski definition) is 3. The third-order valence-corrected chi connectivity index (χ3v) is 2.35. The van der Waals surface area contributed by atoms with Gasteiger partial charge in [-0.3, -0.25) is 0 Å². The van der Waals surface area contributed by atoms with E-state index in [0.717, 1.165) is 16.5 Å². The number of aromatic amines is 1. The molecule has 0 atom stereocenters. The maximum Gasteiger partial charge on any atom is 0.404 e. The standard InChI is InChI=1S/C11H12N2O2/c1-7-2-3-10-9(4-7)8(5-12-10)6-13-11(14)15/h2-5,12-13H,6H2,1H3,(H,14,15). The van der Waals surface area contributed by atoms with E-state index in [9.17, 15) is 4.79 Å². The lowest BCUT2D eigenvalue weighted by molar-refractivity contribution is 0.194. The SMILES string of the molecule is Cc1ccc2[nH]cc(CNC(=O)O)c2c1. The van der Waals surface area contributed by atoms with Crippen LogP contribution in [0.3, 0.4) is 0 Å². The number of hydrogen-bond acceptors (Lipinski definition) is 1. The van der Waals surface area contributed by atoms with Crippen LogP contribution in [-0.2, 0) is 6.54 Å².